The van der Waals surface area contributed by atoms with E-state index in [0.29, 0.717) is 5.11 Å². The summed E-state index contributed by atoms with van der Waals surface area (Å²) in [6.07, 6.45) is 8.65. The molecule has 0 fully saturated rings. The Morgan fingerprint density at radius 1 is 1.07 bits per heavy atom. The second-order valence-corrected chi connectivity index (χ2v) is 8.59. The molecule has 0 aliphatic heterocycles. The molecule has 1 aromatic carbocycles. The predicted octanol–water partition coefficient (Wildman–Crippen LogP) is 6.40. The Morgan fingerprint density at radius 3 is 2.28 bits per heavy atom. The molecule has 0 aliphatic carbocycles. The number of H-pyrrole nitrogens is 1. The number of halogens is 6. The van der Waals surface area contributed by atoms with Crippen LogP contribution in [0.25, 0.3) is 0 Å². The monoisotopic (exact) mass is 462 g/mol. The summed E-state index contributed by atoms with van der Waals surface area (Å²) in [5.41, 5.74) is 1.02. The fraction of sp³-hybridized carbons (Fsp3) is 0.412. The number of para-hydroxylation sites is 1. The van der Waals surface area contributed by atoms with Crippen molar-refractivity contribution >= 4 is 30.8 Å². The van der Waals surface area contributed by atoms with Gasteiger partial charge in [-0.05, 0) is 37.2 Å². The van der Waals surface area contributed by atoms with Gasteiger partial charge in [0.2, 0.25) is 0 Å². The van der Waals surface area contributed by atoms with Gasteiger partial charge < -0.3 is 10.6 Å². The van der Waals surface area contributed by atoms with Gasteiger partial charge in [-0.3, -0.25) is 0 Å². The number of thiocarbonyl (C=S) groups is 1. The zero-order valence-corrected chi connectivity index (χ0v) is 17.6. The van der Waals surface area contributed by atoms with Crippen molar-refractivity contribution in [2.75, 3.05) is 11.9 Å². The standard InChI is InChI=1S/C17H24N4S.F6P/c1-2-3-13-21-14-12-18-16(21)10-7-11-19-17(22)20-15-8-5-4-6-9-15;1-7(2,3,4,5)6/h4-6,8-9,12,14H,2-3,7,10-11,13H2,1H3,(H2,19,20,22);/q;-1/p+1. The molecular formula is C17H25F6N4PS. The Bertz CT molecular complexity index is 754. The Morgan fingerprint density at radius 2 is 1.69 bits per heavy atom. The number of aryl methyl sites for hydroxylation is 2. The summed E-state index contributed by atoms with van der Waals surface area (Å²) in [6.45, 7) is 4.18. The summed E-state index contributed by atoms with van der Waals surface area (Å²) in [6, 6.07) is 9.98. The summed E-state index contributed by atoms with van der Waals surface area (Å²) in [4.78, 5) is 3.33. The number of nitrogens with zero attached hydrogens (tertiary/aromatic N) is 1. The summed E-state index contributed by atoms with van der Waals surface area (Å²) in [5, 5.41) is 7.11. The SMILES string of the molecule is CCCC[n+]1cc[nH]c1CCCNC(=S)Nc1ccccc1.F[P-](F)(F)(F)(F)F. The molecule has 0 saturated heterocycles. The van der Waals surface area contributed by atoms with Crippen LogP contribution in [0.2, 0.25) is 0 Å². The third-order valence-corrected chi connectivity index (χ3v) is 3.76. The fourth-order valence-electron chi connectivity index (χ4n) is 2.30. The van der Waals surface area contributed by atoms with Crippen LogP contribution in [0.4, 0.5) is 30.9 Å². The van der Waals surface area contributed by atoms with Crippen molar-refractivity contribution in [3.8, 4) is 0 Å². The normalized spacial score (nSPS) is 13.5. The zero-order chi connectivity index (χ0) is 22.0. The molecule has 2 aromatic rings. The van der Waals surface area contributed by atoms with Crippen molar-refractivity contribution in [3.05, 3.63) is 48.5 Å². The van der Waals surface area contributed by atoms with Gasteiger partial charge >= 0.3 is 33.0 Å². The number of aromatic nitrogens is 2. The molecule has 29 heavy (non-hydrogen) atoms. The Balaban J connectivity index is 0.000000516. The number of unbranched alkanes of at least 4 members (excludes halogenated alkanes) is 1. The Hall–Kier alpha value is -1.87. The zero-order valence-electron chi connectivity index (χ0n) is 15.9. The fourth-order valence-corrected chi connectivity index (χ4v) is 2.52. The molecule has 0 amide bonds. The molecule has 4 nitrogen and oxygen atoms in total. The van der Waals surface area contributed by atoms with E-state index in [1.54, 1.807) is 0 Å². The second kappa shape index (κ2) is 9.75. The van der Waals surface area contributed by atoms with Crippen molar-refractivity contribution in [1.29, 1.82) is 0 Å². The number of nitrogens with one attached hydrogen (secondary N) is 3. The van der Waals surface area contributed by atoms with Crippen LogP contribution in [0.5, 0.6) is 0 Å². The number of anilines is 1. The van der Waals surface area contributed by atoms with Crippen LogP contribution in [-0.2, 0) is 13.0 Å². The third-order valence-electron chi connectivity index (χ3n) is 3.51. The van der Waals surface area contributed by atoms with Crippen molar-refractivity contribution in [1.82, 2.24) is 10.3 Å². The molecule has 0 saturated carbocycles. The maximum atomic E-state index is 9.87. The van der Waals surface area contributed by atoms with Gasteiger partial charge in [0.05, 0.1) is 13.0 Å². The summed E-state index contributed by atoms with van der Waals surface area (Å²) in [7, 11) is -10.7. The molecule has 0 radical (unpaired) electrons. The molecule has 0 aliphatic rings. The number of hydrogen-bond acceptors (Lipinski definition) is 1. The Kier molecular flexibility index (Phi) is 8.47. The quantitative estimate of drug-likeness (QED) is 0.140. The molecule has 166 valence electrons. The van der Waals surface area contributed by atoms with Crippen LogP contribution in [0.3, 0.4) is 0 Å². The maximum absolute atomic E-state index is 10.7. The van der Waals surface area contributed by atoms with Crippen LogP contribution < -0.4 is 15.2 Å². The van der Waals surface area contributed by atoms with Gasteiger partial charge in [0.15, 0.2) is 5.11 Å². The first-order chi connectivity index (χ1) is 13.2. The second-order valence-electron chi connectivity index (χ2n) is 6.26. The number of hydrogen-bond donors (Lipinski definition) is 3. The van der Waals surface area contributed by atoms with Crippen molar-refractivity contribution < 1.29 is 29.7 Å². The van der Waals surface area contributed by atoms with Gasteiger partial charge in [-0.2, -0.15) is 0 Å². The van der Waals surface area contributed by atoms with E-state index in [1.165, 1.54) is 18.7 Å². The van der Waals surface area contributed by atoms with Gasteiger partial charge in [0.1, 0.15) is 12.4 Å². The van der Waals surface area contributed by atoms with Crippen molar-refractivity contribution in [2.45, 2.75) is 39.2 Å². The van der Waals surface area contributed by atoms with Crippen LogP contribution in [0.15, 0.2) is 42.7 Å². The van der Waals surface area contributed by atoms with Crippen molar-refractivity contribution in [3.63, 3.8) is 0 Å². The molecular weight excluding hydrogens is 437 g/mol. The van der Waals surface area contributed by atoms with E-state index in [4.69, 9.17) is 12.2 Å². The number of aromatic amines is 1. The molecule has 3 N–H and O–H groups in total. The summed E-state index contributed by atoms with van der Waals surface area (Å²) < 4.78 is 61.5. The minimum atomic E-state index is -10.7. The average Bonchev–Trinajstić information content (AvgIpc) is 3.02. The average molecular weight is 462 g/mol. The Labute approximate surface area is 170 Å². The number of benzene rings is 1. The van der Waals surface area contributed by atoms with E-state index in [9.17, 15) is 25.2 Å². The molecule has 1 aromatic heterocycles. The van der Waals surface area contributed by atoms with Crippen LogP contribution in [0, 0.1) is 0 Å². The first-order valence-corrected chi connectivity index (χ1v) is 11.4. The predicted molar refractivity (Wildman–Crippen MR) is 108 cm³/mol. The molecule has 0 spiro atoms. The van der Waals surface area contributed by atoms with Gasteiger partial charge in [0.25, 0.3) is 5.82 Å². The van der Waals surface area contributed by atoms with E-state index in [-0.39, 0.29) is 0 Å². The molecule has 0 atom stereocenters. The van der Waals surface area contributed by atoms with Crippen LogP contribution in [-0.4, -0.2) is 16.6 Å². The van der Waals surface area contributed by atoms with E-state index in [0.717, 1.165) is 31.6 Å². The van der Waals surface area contributed by atoms with Gasteiger partial charge in [-0.25, -0.2) is 9.55 Å². The van der Waals surface area contributed by atoms with Crippen molar-refractivity contribution in [2.24, 2.45) is 0 Å². The molecule has 12 heteroatoms. The molecule has 1 heterocycles. The first-order valence-electron chi connectivity index (χ1n) is 8.96. The number of rotatable bonds is 8. The third kappa shape index (κ3) is 15.7. The first kappa shape index (κ1) is 25.2. The van der Waals surface area contributed by atoms with E-state index in [1.807, 2.05) is 36.5 Å². The molecule has 0 bridgehead atoms. The van der Waals surface area contributed by atoms with E-state index >= 15 is 0 Å². The topological polar surface area (TPSA) is 43.7 Å². The summed E-state index contributed by atoms with van der Waals surface area (Å²) in [5.74, 6) is 1.29. The van der Waals surface area contributed by atoms with Gasteiger partial charge in [-0.15, -0.1) is 0 Å². The van der Waals surface area contributed by atoms with E-state index in [2.05, 4.69) is 33.3 Å². The molecule has 0 unspecified atom stereocenters. The summed E-state index contributed by atoms with van der Waals surface area (Å²) >= 11 is 5.30. The number of imidazole rings is 1. The minimum absolute atomic E-state index is 0.677. The van der Waals surface area contributed by atoms with Gasteiger partial charge in [-0.1, -0.05) is 31.5 Å². The van der Waals surface area contributed by atoms with Crippen LogP contribution in [0.1, 0.15) is 32.0 Å². The van der Waals surface area contributed by atoms with E-state index < -0.39 is 7.81 Å². The van der Waals surface area contributed by atoms with Gasteiger partial charge in [0, 0.05) is 12.2 Å². The molecule has 2 rings (SSSR count). The van der Waals surface area contributed by atoms with Crippen LogP contribution >= 0.6 is 20.0 Å².